The fourth-order valence-electron chi connectivity index (χ4n) is 2.65. The molecule has 1 atom stereocenters. The molecule has 0 unspecified atom stereocenters. The van der Waals surface area contributed by atoms with E-state index in [1.54, 1.807) is 12.1 Å². The van der Waals surface area contributed by atoms with E-state index in [1.807, 2.05) is 49.4 Å². The molecular weight excluding hydrogens is 330 g/mol. The predicted molar refractivity (Wildman–Crippen MR) is 101 cm³/mol. The van der Waals surface area contributed by atoms with Gasteiger partial charge in [-0.15, -0.1) is 0 Å². The molecule has 2 N–H and O–H groups in total. The molecule has 3 rings (SSSR count). The highest BCUT2D eigenvalue weighted by Gasteiger charge is 2.19. The maximum absolute atomic E-state index is 12.5. The number of carbonyl (C=O) groups is 2. The number of hydrogen-bond donors (Lipinski definition) is 2. The summed E-state index contributed by atoms with van der Waals surface area (Å²) in [6.07, 6.45) is -0.137. The SMILES string of the molecule is CC[C@H](Oc1ccc2ccccc2c1)C(=O)Nc1ccc(C(=O)O)cc1. The molecule has 5 nitrogen and oxygen atoms in total. The highest BCUT2D eigenvalue weighted by Crippen LogP contribution is 2.22. The van der Waals surface area contributed by atoms with Crippen LogP contribution < -0.4 is 10.1 Å². The van der Waals surface area contributed by atoms with Crippen molar-refractivity contribution in [2.45, 2.75) is 19.4 Å². The van der Waals surface area contributed by atoms with E-state index in [-0.39, 0.29) is 11.5 Å². The Morgan fingerprint density at radius 3 is 2.35 bits per heavy atom. The summed E-state index contributed by atoms with van der Waals surface area (Å²) >= 11 is 0. The number of aromatic carboxylic acids is 1. The number of fused-ring (bicyclic) bond motifs is 1. The minimum atomic E-state index is -1.01. The highest BCUT2D eigenvalue weighted by atomic mass is 16.5. The molecule has 0 saturated heterocycles. The first-order chi connectivity index (χ1) is 12.6. The van der Waals surface area contributed by atoms with Crippen molar-refractivity contribution < 1.29 is 19.4 Å². The molecule has 26 heavy (non-hydrogen) atoms. The van der Waals surface area contributed by atoms with Gasteiger partial charge in [-0.2, -0.15) is 0 Å². The molecule has 0 heterocycles. The van der Waals surface area contributed by atoms with E-state index in [1.165, 1.54) is 12.1 Å². The molecule has 3 aromatic rings. The lowest BCUT2D eigenvalue weighted by Gasteiger charge is -2.17. The van der Waals surface area contributed by atoms with Crippen molar-refractivity contribution in [3.05, 3.63) is 72.3 Å². The Bertz CT molecular complexity index is 934. The van der Waals surface area contributed by atoms with Crippen molar-refractivity contribution in [1.29, 1.82) is 0 Å². The Balaban J connectivity index is 1.70. The minimum absolute atomic E-state index is 0.169. The molecule has 3 aromatic carbocycles. The number of hydrogen-bond acceptors (Lipinski definition) is 3. The Morgan fingerprint density at radius 2 is 1.69 bits per heavy atom. The fourth-order valence-corrected chi connectivity index (χ4v) is 2.65. The molecule has 0 aromatic heterocycles. The average molecular weight is 349 g/mol. The Hall–Kier alpha value is -3.34. The van der Waals surface area contributed by atoms with Gasteiger partial charge in [0, 0.05) is 5.69 Å². The number of carboxylic acids is 1. The summed E-state index contributed by atoms with van der Waals surface area (Å²) in [5.41, 5.74) is 0.697. The van der Waals surface area contributed by atoms with Gasteiger partial charge in [-0.25, -0.2) is 4.79 Å². The van der Waals surface area contributed by atoms with Crippen molar-refractivity contribution in [1.82, 2.24) is 0 Å². The van der Waals surface area contributed by atoms with E-state index in [9.17, 15) is 9.59 Å². The van der Waals surface area contributed by atoms with Gasteiger partial charge >= 0.3 is 5.97 Å². The van der Waals surface area contributed by atoms with E-state index in [0.29, 0.717) is 17.9 Å². The second-order valence-electron chi connectivity index (χ2n) is 5.90. The van der Waals surface area contributed by atoms with Crippen LogP contribution in [-0.4, -0.2) is 23.1 Å². The molecule has 0 aliphatic heterocycles. The van der Waals surface area contributed by atoms with Crippen LogP contribution in [0.25, 0.3) is 10.8 Å². The maximum Gasteiger partial charge on any atom is 0.335 e. The number of amides is 1. The number of nitrogens with one attached hydrogen (secondary N) is 1. The van der Waals surface area contributed by atoms with E-state index in [2.05, 4.69) is 5.32 Å². The van der Waals surface area contributed by atoms with Gasteiger partial charge in [0.15, 0.2) is 6.10 Å². The Morgan fingerprint density at radius 1 is 1.00 bits per heavy atom. The van der Waals surface area contributed by atoms with Crippen LogP contribution in [0.15, 0.2) is 66.7 Å². The zero-order valence-corrected chi connectivity index (χ0v) is 14.3. The molecule has 0 aliphatic carbocycles. The average Bonchev–Trinajstić information content (AvgIpc) is 2.66. The van der Waals surface area contributed by atoms with Crippen molar-refractivity contribution >= 4 is 28.3 Å². The van der Waals surface area contributed by atoms with Gasteiger partial charge in [-0.1, -0.05) is 37.3 Å². The van der Waals surface area contributed by atoms with Gasteiger partial charge in [-0.3, -0.25) is 4.79 Å². The molecule has 0 bridgehead atoms. The molecule has 0 saturated carbocycles. The lowest BCUT2D eigenvalue weighted by molar-refractivity contribution is -0.122. The Labute approximate surface area is 151 Å². The minimum Gasteiger partial charge on any atom is -0.481 e. The Kier molecular flexibility index (Phi) is 5.17. The third kappa shape index (κ3) is 4.00. The number of carboxylic acid groups (broad SMARTS) is 1. The lowest BCUT2D eigenvalue weighted by Crippen LogP contribution is -2.32. The molecule has 1 amide bonds. The molecular formula is C21H19NO4. The van der Waals surface area contributed by atoms with Gasteiger partial charge in [0.25, 0.3) is 5.91 Å². The summed E-state index contributed by atoms with van der Waals surface area (Å²) in [6, 6.07) is 19.7. The summed E-state index contributed by atoms with van der Waals surface area (Å²) in [4.78, 5) is 23.4. The normalized spacial score (nSPS) is 11.7. The van der Waals surface area contributed by atoms with Gasteiger partial charge in [0.1, 0.15) is 5.75 Å². The van der Waals surface area contributed by atoms with Crippen molar-refractivity contribution in [3.8, 4) is 5.75 Å². The first-order valence-electron chi connectivity index (χ1n) is 8.36. The number of benzene rings is 3. The summed E-state index contributed by atoms with van der Waals surface area (Å²) in [7, 11) is 0. The standard InChI is InChI=1S/C21H19NO4/c1-2-19(20(23)22-17-10-7-15(8-11-17)21(24)25)26-18-12-9-14-5-3-4-6-16(14)13-18/h3-13,19H,2H2,1H3,(H,22,23)(H,24,25)/t19-/m0/s1. The predicted octanol–water partition coefficient (Wildman–Crippen LogP) is 4.33. The van der Waals surface area contributed by atoms with Crippen molar-refractivity contribution in [2.75, 3.05) is 5.32 Å². The molecule has 0 fully saturated rings. The van der Waals surface area contributed by atoms with E-state index < -0.39 is 12.1 Å². The highest BCUT2D eigenvalue weighted by molar-refractivity contribution is 5.95. The monoisotopic (exact) mass is 349 g/mol. The lowest BCUT2D eigenvalue weighted by atomic mass is 10.1. The van der Waals surface area contributed by atoms with Gasteiger partial charge in [-0.05, 0) is 53.6 Å². The number of rotatable bonds is 6. The van der Waals surface area contributed by atoms with Crippen LogP contribution >= 0.6 is 0 Å². The first kappa shape index (κ1) is 17.5. The molecule has 132 valence electrons. The van der Waals surface area contributed by atoms with E-state index in [4.69, 9.17) is 9.84 Å². The number of ether oxygens (including phenoxy) is 1. The smallest absolute Gasteiger partial charge is 0.335 e. The largest absolute Gasteiger partial charge is 0.481 e. The quantitative estimate of drug-likeness (QED) is 0.694. The summed E-state index contributed by atoms with van der Waals surface area (Å²) in [5.74, 6) is -0.649. The third-order valence-electron chi connectivity index (χ3n) is 4.06. The first-order valence-corrected chi connectivity index (χ1v) is 8.36. The summed E-state index contributed by atoms with van der Waals surface area (Å²) in [5, 5.41) is 13.8. The van der Waals surface area contributed by atoms with Crippen LogP contribution in [0.3, 0.4) is 0 Å². The van der Waals surface area contributed by atoms with E-state index in [0.717, 1.165) is 10.8 Å². The second-order valence-corrected chi connectivity index (χ2v) is 5.90. The third-order valence-corrected chi connectivity index (χ3v) is 4.06. The zero-order chi connectivity index (χ0) is 18.5. The molecule has 0 radical (unpaired) electrons. The molecule has 5 heteroatoms. The van der Waals surface area contributed by atoms with Gasteiger partial charge in [0.05, 0.1) is 5.56 Å². The van der Waals surface area contributed by atoms with Crippen molar-refractivity contribution in [2.24, 2.45) is 0 Å². The van der Waals surface area contributed by atoms with Crippen LogP contribution in [0.4, 0.5) is 5.69 Å². The van der Waals surface area contributed by atoms with Crippen LogP contribution in [0, 0.1) is 0 Å². The van der Waals surface area contributed by atoms with E-state index >= 15 is 0 Å². The van der Waals surface area contributed by atoms with Crippen molar-refractivity contribution in [3.63, 3.8) is 0 Å². The maximum atomic E-state index is 12.5. The summed E-state index contributed by atoms with van der Waals surface area (Å²) in [6.45, 7) is 1.87. The molecule has 0 aliphatic rings. The van der Waals surface area contributed by atoms with Crippen LogP contribution in [0.2, 0.25) is 0 Å². The molecule has 0 spiro atoms. The number of anilines is 1. The van der Waals surface area contributed by atoms with Crippen LogP contribution in [0.5, 0.6) is 5.75 Å². The van der Waals surface area contributed by atoms with Gasteiger partial charge in [0.2, 0.25) is 0 Å². The summed E-state index contributed by atoms with van der Waals surface area (Å²) < 4.78 is 5.86. The topological polar surface area (TPSA) is 75.6 Å². The van der Waals surface area contributed by atoms with Gasteiger partial charge < -0.3 is 15.2 Å². The van der Waals surface area contributed by atoms with Crippen LogP contribution in [-0.2, 0) is 4.79 Å². The van der Waals surface area contributed by atoms with Crippen LogP contribution in [0.1, 0.15) is 23.7 Å². The number of carbonyl (C=O) groups excluding carboxylic acids is 1. The fraction of sp³-hybridized carbons (Fsp3) is 0.143. The second kappa shape index (κ2) is 7.70. The zero-order valence-electron chi connectivity index (χ0n) is 14.3.